The van der Waals surface area contributed by atoms with Gasteiger partial charge in [0.2, 0.25) is 0 Å². The molecule has 1 aromatic carbocycles. The summed E-state index contributed by atoms with van der Waals surface area (Å²) in [5.74, 6) is -0.270. The monoisotopic (exact) mass is 267 g/mol. The molecule has 0 atom stereocenters. The standard InChI is InChI=1S/C13H15ClFN3/c1-3-18-12(13(14)9(2)17-18)8-16-11-7-5-4-6-10(11)15/h4-7,16H,3,8H2,1-2H3. The summed E-state index contributed by atoms with van der Waals surface area (Å²) in [7, 11) is 0. The Labute approximate surface area is 111 Å². The van der Waals surface area contributed by atoms with E-state index < -0.39 is 0 Å². The van der Waals surface area contributed by atoms with E-state index in [1.165, 1.54) is 6.07 Å². The quantitative estimate of drug-likeness (QED) is 0.917. The van der Waals surface area contributed by atoms with Crippen molar-refractivity contribution >= 4 is 17.3 Å². The SMILES string of the molecule is CCn1nc(C)c(Cl)c1CNc1ccccc1F. The van der Waals surface area contributed by atoms with Crippen LogP contribution in [-0.2, 0) is 13.1 Å². The van der Waals surface area contributed by atoms with Crippen molar-refractivity contribution in [2.45, 2.75) is 26.9 Å². The maximum absolute atomic E-state index is 13.5. The summed E-state index contributed by atoms with van der Waals surface area (Å²) in [6, 6.07) is 6.57. The van der Waals surface area contributed by atoms with Crippen LogP contribution in [0.25, 0.3) is 0 Å². The summed E-state index contributed by atoms with van der Waals surface area (Å²) in [4.78, 5) is 0. The van der Waals surface area contributed by atoms with Crippen LogP contribution < -0.4 is 5.32 Å². The Bertz CT molecular complexity index is 551. The van der Waals surface area contributed by atoms with Crippen LogP contribution in [0, 0.1) is 12.7 Å². The molecule has 2 aromatic rings. The second-order valence-electron chi connectivity index (χ2n) is 4.00. The summed E-state index contributed by atoms with van der Waals surface area (Å²) >= 11 is 6.18. The van der Waals surface area contributed by atoms with Gasteiger partial charge in [0, 0.05) is 6.54 Å². The molecule has 0 saturated heterocycles. The first-order valence-corrected chi connectivity index (χ1v) is 6.21. The van der Waals surface area contributed by atoms with Crippen LogP contribution in [-0.4, -0.2) is 9.78 Å². The molecule has 1 N–H and O–H groups in total. The maximum atomic E-state index is 13.5. The fraction of sp³-hybridized carbons (Fsp3) is 0.308. The van der Waals surface area contributed by atoms with E-state index in [2.05, 4.69) is 10.4 Å². The first-order valence-electron chi connectivity index (χ1n) is 5.83. The molecule has 3 nitrogen and oxygen atoms in total. The lowest BCUT2D eigenvalue weighted by atomic mass is 10.3. The van der Waals surface area contributed by atoms with Crippen LogP contribution in [0.1, 0.15) is 18.3 Å². The minimum Gasteiger partial charge on any atom is -0.377 e. The highest BCUT2D eigenvalue weighted by Crippen LogP contribution is 2.22. The highest BCUT2D eigenvalue weighted by atomic mass is 35.5. The van der Waals surface area contributed by atoms with Crippen molar-refractivity contribution in [1.82, 2.24) is 9.78 Å². The molecule has 0 radical (unpaired) electrons. The average Bonchev–Trinajstić information content (AvgIpc) is 2.65. The number of nitrogens with zero attached hydrogens (tertiary/aromatic N) is 2. The summed E-state index contributed by atoms with van der Waals surface area (Å²) in [6.45, 7) is 5.05. The lowest BCUT2D eigenvalue weighted by Crippen LogP contribution is -2.09. The van der Waals surface area contributed by atoms with Gasteiger partial charge < -0.3 is 5.32 Å². The molecular formula is C13H15ClFN3. The van der Waals surface area contributed by atoms with Crippen LogP contribution in [0.15, 0.2) is 24.3 Å². The molecule has 2 rings (SSSR count). The number of anilines is 1. The van der Waals surface area contributed by atoms with Crippen LogP contribution in [0.2, 0.25) is 5.02 Å². The molecule has 0 spiro atoms. The number of benzene rings is 1. The minimum atomic E-state index is -0.270. The minimum absolute atomic E-state index is 0.270. The van der Waals surface area contributed by atoms with E-state index in [1.54, 1.807) is 18.2 Å². The van der Waals surface area contributed by atoms with E-state index in [0.29, 0.717) is 17.3 Å². The molecule has 0 bridgehead atoms. The summed E-state index contributed by atoms with van der Waals surface area (Å²) < 4.78 is 15.3. The molecule has 96 valence electrons. The van der Waals surface area contributed by atoms with E-state index in [0.717, 1.165) is 17.9 Å². The third kappa shape index (κ3) is 2.48. The number of hydrogen-bond donors (Lipinski definition) is 1. The first-order chi connectivity index (χ1) is 8.63. The largest absolute Gasteiger partial charge is 0.377 e. The van der Waals surface area contributed by atoms with Crippen molar-refractivity contribution in [2.24, 2.45) is 0 Å². The van der Waals surface area contributed by atoms with Crippen LogP contribution in [0.5, 0.6) is 0 Å². The fourth-order valence-electron chi connectivity index (χ4n) is 1.82. The van der Waals surface area contributed by atoms with Gasteiger partial charge in [-0.3, -0.25) is 4.68 Å². The van der Waals surface area contributed by atoms with Crippen molar-refractivity contribution in [3.05, 3.63) is 46.5 Å². The van der Waals surface area contributed by atoms with Crippen LogP contribution in [0.3, 0.4) is 0 Å². The van der Waals surface area contributed by atoms with Crippen LogP contribution >= 0.6 is 11.6 Å². The number of halogens is 2. The van der Waals surface area contributed by atoms with E-state index in [1.807, 2.05) is 18.5 Å². The second kappa shape index (κ2) is 5.40. The highest BCUT2D eigenvalue weighted by molar-refractivity contribution is 6.31. The predicted octanol–water partition coefficient (Wildman–Crippen LogP) is 3.62. The van der Waals surface area contributed by atoms with Crippen molar-refractivity contribution in [3.8, 4) is 0 Å². The van der Waals surface area contributed by atoms with Gasteiger partial charge in [-0.25, -0.2) is 4.39 Å². The van der Waals surface area contributed by atoms with Gasteiger partial charge in [0.15, 0.2) is 0 Å². The number of aryl methyl sites for hydroxylation is 2. The zero-order valence-corrected chi connectivity index (χ0v) is 11.1. The van der Waals surface area contributed by atoms with Gasteiger partial charge in [0.1, 0.15) is 5.82 Å². The molecule has 0 saturated carbocycles. The van der Waals surface area contributed by atoms with Gasteiger partial charge in [-0.2, -0.15) is 5.10 Å². The van der Waals surface area contributed by atoms with Crippen molar-refractivity contribution < 1.29 is 4.39 Å². The van der Waals surface area contributed by atoms with E-state index in [4.69, 9.17) is 11.6 Å². The number of rotatable bonds is 4. The topological polar surface area (TPSA) is 29.9 Å². The number of para-hydroxylation sites is 1. The Kier molecular flexibility index (Phi) is 3.87. The van der Waals surface area contributed by atoms with Gasteiger partial charge in [-0.1, -0.05) is 23.7 Å². The highest BCUT2D eigenvalue weighted by Gasteiger charge is 2.12. The predicted molar refractivity (Wildman–Crippen MR) is 71.4 cm³/mol. The first kappa shape index (κ1) is 12.9. The van der Waals surface area contributed by atoms with E-state index >= 15 is 0 Å². The van der Waals surface area contributed by atoms with Gasteiger partial charge in [-0.05, 0) is 26.0 Å². The van der Waals surface area contributed by atoms with Crippen LogP contribution in [0.4, 0.5) is 10.1 Å². The lowest BCUT2D eigenvalue weighted by Gasteiger charge is -2.09. The van der Waals surface area contributed by atoms with Gasteiger partial charge in [0.25, 0.3) is 0 Å². The summed E-state index contributed by atoms with van der Waals surface area (Å²) in [5.41, 5.74) is 2.14. The van der Waals surface area contributed by atoms with Gasteiger partial charge in [0.05, 0.1) is 28.6 Å². The van der Waals surface area contributed by atoms with Crippen molar-refractivity contribution in [1.29, 1.82) is 0 Å². The van der Waals surface area contributed by atoms with Gasteiger partial charge in [-0.15, -0.1) is 0 Å². The van der Waals surface area contributed by atoms with Crippen molar-refractivity contribution in [2.75, 3.05) is 5.32 Å². The zero-order chi connectivity index (χ0) is 13.1. The van der Waals surface area contributed by atoms with E-state index in [-0.39, 0.29) is 5.82 Å². The smallest absolute Gasteiger partial charge is 0.146 e. The molecule has 0 aliphatic carbocycles. The Hall–Kier alpha value is -1.55. The third-order valence-electron chi connectivity index (χ3n) is 2.77. The second-order valence-corrected chi connectivity index (χ2v) is 4.37. The number of aromatic nitrogens is 2. The normalized spacial score (nSPS) is 10.7. The molecule has 5 heteroatoms. The Morgan fingerprint density at radius 3 is 2.78 bits per heavy atom. The number of nitrogens with one attached hydrogen (secondary N) is 1. The molecule has 1 heterocycles. The molecule has 18 heavy (non-hydrogen) atoms. The summed E-state index contributed by atoms with van der Waals surface area (Å²) in [6.07, 6.45) is 0. The lowest BCUT2D eigenvalue weighted by molar-refractivity contribution is 0.616. The van der Waals surface area contributed by atoms with Crippen molar-refractivity contribution in [3.63, 3.8) is 0 Å². The maximum Gasteiger partial charge on any atom is 0.146 e. The van der Waals surface area contributed by atoms with Gasteiger partial charge >= 0.3 is 0 Å². The molecule has 0 unspecified atom stereocenters. The summed E-state index contributed by atoms with van der Waals surface area (Å²) in [5, 5.41) is 7.99. The molecule has 0 amide bonds. The molecular weight excluding hydrogens is 253 g/mol. The average molecular weight is 268 g/mol. The Morgan fingerprint density at radius 2 is 2.11 bits per heavy atom. The zero-order valence-electron chi connectivity index (χ0n) is 10.4. The third-order valence-corrected chi connectivity index (χ3v) is 3.26. The number of hydrogen-bond acceptors (Lipinski definition) is 2. The molecule has 1 aromatic heterocycles. The Morgan fingerprint density at radius 1 is 1.39 bits per heavy atom. The van der Waals surface area contributed by atoms with E-state index in [9.17, 15) is 4.39 Å². The molecule has 0 fully saturated rings. The fourth-order valence-corrected chi connectivity index (χ4v) is 2.02. The molecule has 0 aliphatic heterocycles. The Balaban J connectivity index is 2.18. The molecule has 0 aliphatic rings.